The largest absolute Gasteiger partial charge is 0.357 e. The molecule has 2 N–H and O–H groups in total. The number of rotatable bonds is 4. The van der Waals surface area contributed by atoms with Gasteiger partial charge in [0.15, 0.2) is 0 Å². The highest BCUT2D eigenvalue weighted by Crippen LogP contribution is 2.22. The van der Waals surface area contributed by atoms with E-state index in [-0.39, 0.29) is 12.1 Å². The summed E-state index contributed by atoms with van der Waals surface area (Å²) in [7, 11) is 0. The summed E-state index contributed by atoms with van der Waals surface area (Å²) >= 11 is 0. The van der Waals surface area contributed by atoms with Crippen molar-refractivity contribution in [1.82, 2.24) is 24.9 Å². The first-order valence-corrected chi connectivity index (χ1v) is 8.33. The molecule has 0 unspecified atom stereocenters. The molecule has 0 saturated carbocycles. The number of pyridine rings is 1. The van der Waals surface area contributed by atoms with E-state index < -0.39 is 0 Å². The molecule has 0 aliphatic carbocycles. The van der Waals surface area contributed by atoms with Crippen molar-refractivity contribution in [3.63, 3.8) is 0 Å². The molecule has 7 nitrogen and oxygen atoms in total. The van der Waals surface area contributed by atoms with Crippen LogP contribution in [-0.2, 0) is 6.54 Å². The van der Waals surface area contributed by atoms with Crippen molar-refractivity contribution in [3.8, 4) is 0 Å². The second kappa shape index (κ2) is 6.25. The molecule has 2 aliphatic heterocycles. The average molecular weight is 313 g/mol. The first-order chi connectivity index (χ1) is 11.3. The first kappa shape index (κ1) is 14.6. The number of hydrogen-bond acceptors (Lipinski definition) is 6. The van der Waals surface area contributed by atoms with Crippen LogP contribution in [0.3, 0.4) is 0 Å². The van der Waals surface area contributed by atoms with Crippen LogP contribution in [0.4, 0.5) is 5.82 Å². The molecule has 0 amide bonds. The Morgan fingerprint density at radius 2 is 2.04 bits per heavy atom. The fourth-order valence-electron chi connectivity index (χ4n) is 3.60. The number of nitrogens with zero attached hydrogens (tertiary/aromatic N) is 6. The van der Waals surface area contributed by atoms with Crippen LogP contribution in [-0.4, -0.2) is 57.1 Å². The zero-order valence-corrected chi connectivity index (χ0v) is 13.3. The molecule has 4 heterocycles. The van der Waals surface area contributed by atoms with Crippen molar-refractivity contribution in [1.29, 1.82) is 0 Å². The van der Waals surface area contributed by atoms with Gasteiger partial charge >= 0.3 is 0 Å². The van der Waals surface area contributed by atoms with Crippen molar-refractivity contribution >= 4 is 5.82 Å². The van der Waals surface area contributed by atoms with Gasteiger partial charge in [-0.1, -0.05) is 11.3 Å². The Kier molecular flexibility index (Phi) is 3.97. The van der Waals surface area contributed by atoms with Gasteiger partial charge in [0.05, 0.1) is 12.2 Å². The average Bonchev–Trinajstić information content (AvgIpc) is 3.29. The lowest BCUT2D eigenvalue weighted by molar-refractivity contribution is 0.310. The van der Waals surface area contributed by atoms with E-state index in [0.29, 0.717) is 0 Å². The molecule has 0 spiro atoms. The SMILES string of the molecule is N[C@@H]1CN(Cc2ccc(N3CCCC3)nc2)C[C@@H]1n1ccnn1. The third-order valence-corrected chi connectivity index (χ3v) is 4.83. The maximum atomic E-state index is 6.27. The third-order valence-electron chi connectivity index (χ3n) is 4.83. The number of hydrogen-bond donors (Lipinski definition) is 1. The molecule has 2 fully saturated rings. The number of anilines is 1. The molecule has 2 aromatic heterocycles. The number of likely N-dealkylation sites (tertiary alicyclic amines) is 1. The van der Waals surface area contributed by atoms with E-state index in [1.807, 2.05) is 17.1 Å². The van der Waals surface area contributed by atoms with Gasteiger partial charge in [0, 0.05) is 51.2 Å². The summed E-state index contributed by atoms with van der Waals surface area (Å²) in [4.78, 5) is 9.35. The summed E-state index contributed by atoms with van der Waals surface area (Å²) < 4.78 is 1.87. The Labute approximate surface area is 136 Å². The van der Waals surface area contributed by atoms with E-state index in [9.17, 15) is 0 Å². The van der Waals surface area contributed by atoms with Gasteiger partial charge in [-0.05, 0) is 24.5 Å². The van der Waals surface area contributed by atoms with Crippen LogP contribution >= 0.6 is 0 Å². The Bertz CT molecular complexity index is 618. The van der Waals surface area contributed by atoms with Crippen LogP contribution in [0.1, 0.15) is 24.4 Å². The van der Waals surface area contributed by atoms with E-state index in [1.165, 1.54) is 18.4 Å². The van der Waals surface area contributed by atoms with Crippen molar-refractivity contribution in [2.75, 3.05) is 31.1 Å². The summed E-state index contributed by atoms with van der Waals surface area (Å²) in [6.07, 6.45) is 8.15. The van der Waals surface area contributed by atoms with Crippen molar-refractivity contribution in [2.24, 2.45) is 5.73 Å². The smallest absolute Gasteiger partial charge is 0.128 e. The highest BCUT2D eigenvalue weighted by Gasteiger charge is 2.31. The van der Waals surface area contributed by atoms with Crippen LogP contribution < -0.4 is 10.6 Å². The van der Waals surface area contributed by atoms with Crippen molar-refractivity contribution in [3.05, 3.63) is 36.3 Å². The molecule has 122 valence electrons. The van der Waals surface area contributed by atoms with Crippen LogP contribution in [0.25, 0.3) is 0 Å². The lowest BCUT2D eigenvalue weighted by Gasteiger charge is -2.18. The lowest BCUT2D eigenvalue weighted by Crippen LogP contribution is -2.31. The minimum Gasteiger partial charge on any atom is -0.357 e. The molecule has 0 bridgehead atoms. The summed E-state index contributed by atoms with van der Waals surface area (Å²) in [5, 5.41) is 7.97. The molecule has 23 heavy (non-hydrogen) atoms. The molecule has 2 aromatic rings. The molecule has 2 atom stereocenters. The molecule has 2 saturated heterocycles. The van der Waals surface area contributed by atoms with Crippen LogP contribution in [0.2, 0.25) is 0 Å². The summed E-state index contributed by atoms with van der Waals surface area (Å²) in [6.45, 7) is 4.92. The molecule has 0 radical (unpaired) electrons. The predicted molar refractivity (Wildman–Crippen MR) is 88.0 cm³/mol. The lowest BCUT2D eigenvalue weighted by atomic mass is 10.2. The quantitative estimate of drug-likeness (QED) is 0.893. The molecule has 2 aliphatic rings. The highest BCUT2D eigenvalue weighted by atomic mass is 15.4. The summed E-state index contributed by atoms with van der Waals surface area (Å²) in [5.74, 6) is 1.10. The van der Waals surface area contributed by atoms with Gasteiger partial charge in [0.1, 0.15) is 5.82 Å². The van der Waals surface area contributed by atoms with Gasteiger partial charge in [-0.15, -0.1) is 5.10 Å². The number of nitrogens with two attached hydrogens (primary N) is 1. The van der Waals surface area contributed by atoms with Gasteiger partial charge in [0.2, 0.25) is 0 Å². The van der Waals surface area contributed by atoms with Crippen LogP contribution in [0.5, 0.6) is 0 Å². The standard InChI is InChI=1S/C16H23N7/c17-14-11-21(12-15(14)23-8-5-19-20-23)10-13-3-4-16(18-9-13)22-6-1-2-7-22/h3-5,8-9,14-15H,1-2,6-7,10-12,17H2/t14-,15+/m1/s1. The maximum absolute atomic E-state index is 6.27. The summed E-state index contributed by atoms with van der Waals surface area (Å²) in [5.41, 5.74) is 7.50. The molecule has 7 heteroatoms. The fourth-order valence-corrected chi connectivity index (χ4v) is 3.60. The van der Waals surface area contributed by atoms with E-state index in [4.69, 9.17) is 5.73 Å². The van der Waals surface area contributed by atoms with Gasteiger partial charge in [-0.2, -0.15) is 0 Å². The molecular formula is C16H23N7. The summed E-state index contributed by atoms with van der Waals surface area (Å²) in [6, 6.07) is 4.63. The topological polar surface area (TPSA) is 76.1 Å². The van der Waals surface area contributed by atoms with Crippen molar-refractivity contribution < 1.29 is 0 Å². The number of aromatic nitrogens is 4. The second-order valence-electron chi connectivity index (χ2n) is 6.53. The van der Waals surface area contributed by atoms with E-state index in [2.05, 4.69) is 37.2 Å². The van der Waals surface area contributed by atoms with Gasteiger partial charge < -0.3 is 10.6 Å². The zero-order chi connectivity index (χ0) is 15.6. The maximum Gasteiger partial charge on any atom is 0.128 e. The van der Waals surface area contributed by atoms with Crippen LogP contribution in [0, 0.1) is 0 Å². The molecule has 0 aromatic carbocycles. The molecular weight excluding hydrogens is 290 g/mol. The van der Waals surface area contributed by atoms with E-state index >= 15 is 0 Å². The third kappa shape index (κ3) is 3.07. The predicted octanol–water partition coefficient (Wildman–Crippen LogP) is 0.657. The van der Waals surface area contributed by atoms with E-state index in [0.717, 1.165) is 38.5 Å². The Morgan fingerprint density at radius 1 is 1.17 bits per heavy atom. The Morgan fingerprint density at radius 3 is 2.74 bits per heavy atom. The van der Waals surface area contributed by atoms with Gasteiger partial charge in [0.25, 0.3) is 0 Å². The van der Waals surface area contributed by atoms with Crippen LogP contribution in [0.15, 0.2) is 30.7 Å². The Balaban J connectivity index is 1.38. The van der Waals surface area contributed by atoms with E-state index in [1.54, 1.807) is 6.20 Å². The fraction of sp³-hybridized carbons (Fsp3) is 0.562. The normalized spacial score (nSPS) is 25.3. The highest BCUT2D eigenvalue weighted by molar-refractivity contribution is 5.40. The van der Waals surface area contributed by atoms with Gasteiger partial charge in [-0.3, -0.25) is 4.90 Å². The Hall–Kier alpha value is -1.99. The monoisotopic (exact) mass is 313 g/mol. The van der Waals surface area contributed by atoms with Gasteiger partial charge in [-0.25, -0.2) is 9.67 Å². The first-order valence-electron chi connectivity index (χ1n) is 8.33. The second-order valence-corrected chi connectivity index (χ2v) is 6.53. The minimum absolute atomic E-state index is 0.0912. The molecule has 4 rings (SSSR count). The zero-order valence-electron chi connectivity index (χ0n) is 13.3. The minimum atomic E-state index is 0.0912. The van der Waals surface area contributed by atoms with Crippen molar-refractivity contribution in [2.45, 2.75) is 31.5 Å².